The second-order valence-corrected chi connectivity index (χ2v) is 31.1. The molecule has 0 atom stereocenters. The monoisotopic (exact) mass is 2060 g/mol. The predicted octanol–water partition coefficient (Wildman–Crippen LogP) is 22.6. The minimum Gasteiger partial charge on any atom is -0.870 e. The molecule has 0 bridgehead atoms. The van der Waals surface area contributed by atoms with Crippen molar-refractivity contribution in [3.8, 4) is 28.7 Å². The van der Waals surface area contributed by atoms with Gasteiger partial charge < -0.3 is 75.1 Å². The van der Waals surface area contributed by atoms with Crippen LogP contribution < -0.4 is 49.4 Å². The van der Waals surface area contributed by atoms with Crippen molar-refractivity contribution in [1.82, 2.24) is 0 Å². The number of phenolic OH excluding ortho intramolecular Hbond substituents is 2. The van der Waals surface area contributed by atoms with Crippen LogP contribution in [0.5, 0.6) is 28.7 Å². The third-order valence-corrected chi connectivity index (χ3v) is 19.3. The van der Waals surface area contributed by atoms with E-state index in [-0.39, 0.29) is 126 Å². The number of halogens is 14. The van der Waals surface area contributed by atoms with Crippen molar-refractivity contribution in [1.29, 1.82) is 0 Å². The maximum atomic E-state index is 12.5. The number of ether oxygens (including phenoxy) is 8. The van der Waals surface area contributed by atoms with Gasteiger partial charge in [-0.25, -0.2) is 28.8 Å². The fourth-order valence-corrected chi connectivity index (χ4v) is 12.7. The van der Waals surface area contributed by atoms with Crippen LogP contribution in [0.2, 0.25) is 50.2 Å². The van der Waals surface area contributed by atoms with Crippen LogP contribution in [0.15, 0.2) is 255 Å². The molecule has 0 saturated heterocycles. The van der Waals surface area contributed by atoms with E-state index in [1.54, 1.807) is 60.7 Å². The molecule has 23 nitrogen and oxygen atoms in total. The molecule has 0 unspecified atom stereocenters. The van der Waals surface area contributed by atoms with Gasteiger partial charge in [0.05, 0.1) is 119 Å². The zero-order valence-electron chi connectivity index (χ0n) is 67.8. The third-order valence-electron chi connectivity index (χ3n) is 15.8. The molecule has 12 rings (SSSR count). The summed E-state index contributed by atoms with van der Waals surface area (Å²) < 4.78 is 39.6. The molecule has 12 aromatic rings. The van der Waals surface area contributed by atoms with E-state index in [0.717, 1.165) is 22.0 Å². The summed E-state index contributed by atoms with van der Waals surface area (Å²) in [6, 6.07) is 71.8. The molecule has 0 spiro atoms. The Kier molecular flexibility index (Phi) is 52.0. The van der Waals surface area contributed by atoms with Gasteiger partial charge in [0.15, 0.2) is 28.7 Å². The number of nitrogens with two attached hydrogens (primary N) is 1. The van der Waals surface area contributed by atoms with Crippen molar-refractivity contribution in [3.63, 3.8) is 0 Å². The molecule has 128 heavy (non-hydrogen) atoms. The molecule has 39 heteroatoms. The first-order chi connectivity index (χ1) is 60.0. The number of anilines is 3. The van der Waals surface area contributed by atoms with Gasteiger partial charge in [0.25, 0.3) is 11.8 Å². The third kappa shape index (κ3) is 38.8. The molecule has 0 radical (unpaired) electrons. The second-order valence-electron chi connectivity index (χ2n) is 24.5. The number of amides is 2. The molecule has 0 aliphatic carbocycles. The molecular formula is C89H73BBrCl13LiN3O20. The summed E-state index contributed by atoms with van der Waals surface area (Å²) in [5, 5.41) is 35.2. The molecule has 0 saturated carbocycles. The molecule has 0 heterocycles. The number of carboxylic acid groups (broad SMARTS) is 1. The predicted molar refractivity (Wildman–Crippen MR) is 506 cm³/mol. The number of methoxy groups -OCH3 is 5. The Morgan fingerprint density at radius 2 is 0.539 bits per heavy atom. The van der Waals surface area contributed by atoms with Gasteiger partial charge in [-0.3, -0.25) is 9.59 Å². The average Bonchev–Trinajstić information content (AvgIpc) is 0.831. The van der Waals surface area contributed by atoms with Crippen molar-refractivity contribution in [2.75, 3.05) is 51.9 Å². The summed E-state index contributed by atoms with van der Waals surface area (Å²) in [7, 11) is 6.48. The van der Waals surface area contributed by atoms with Gasteiger partial charge in [-0.1, -0.05) is 253 Å². The minimum atomic E-state index is -1.08. The molecule has 2 amide bonds. The molecule has 0 aliphatic heterocycles. The fraction of sp³-hybridized carbons (Fsp3) is 0.101. The van der Waals surface area contributed by atoms with Gasteiger partial charge in [-0.05, 0) is 156 Å². The Hall–Kier alpha value is -9.93. The van der Waals surface area contributed by atoms with E-state index >= 15 is 0 Å². The average molecular weight is 2060 g/mol. The van der Waals surface area contributed by atoms with Crippen molar-refractivity contribution in [2.24, 2.45) is 0 Å². The second kappa shape index (κ2) is 59.3. The number of carbonyl (C=O) groups excluding carboxylic acids is 7. The number of benzene rings is 12. The molecule has 0 aliphatic rings. The van der Waals surface area contributed by atoms with Gasteiger partial charge in [0.1, 0.15) is 19.8 Å². The van der Waals surface area contributed by atoms with Crippen LogP contribution in [0, 0.1) is 0 Å². The van der Waals surface area contributed by atoms with Crippen LogP contribution in [0.4, 0.5) is 17.1 Å². The first-order valence-corrected chi connectivity index (χ1v) is 41.9. The van der Waals surface area contributed by atoms with E-state index in [2.05, 4.69) is 62.4 Å². The van der Waals surface area contributed by atoms with E-state index in [0.29, 0.717) is 65.1 Å². The van der Waals surface area contributed by atoms with Crippen LogP contribution in [0.3, 0.4) is 0 Å². The van der Waals surface area contributed by atoms with E-state index < -0.39 is 46.6 Å². The number of nitrogen functional groups attached to an aromatic ring is 1. The Morgan fingerprint density at radius 1 is 0.328 bits per heavy atom. The van der Waals surface area contributed by atoms with E-state index in [4.69, 9.17) is 181 Å². The molecule has 8 N–H and O–H groups in total. The topological polar surface area (TPSA) is 351 Å². The number of alkyl halides is 1. The quantitative estimate of drug-likeness (QED) is 0.0136. The zero-order valence-corrected chi connectivity index (χ0v) is 79.3. The smallest absolute Gasteiger partial charge is 0.870 e. The Morgan fingerprint density at radius 3 is 0.773 bits per heavy atom. The first kappa shape index (κ1) is 112. The molecule has 666 valence electrons. The van der Waals surface area contributed by atoms with Gasteiger partial charge in [-0.2, -0.15) is 34.4 Å². The summed E-state index contributed by atoms with van der Waals surface area (Å²) in [4.78, 5) is 90.8. The molecule has 12 aromatic carbocycles. The fourth-order valence-electron chi connectivity index (χ4n) is 9.60. The number of phenols is 2. The number of aromatic hydroxyl groups is 2. The maximum absolute atomic E-state index is 12.5. The summed E-state index contributed by atoms with van der Waals surface area (Å²) in [6.45, 7) is 0.961. The number of nitrogens with one attached hydrogen (secondary N) is 2. The number of aromatic carboxylic acids is 1. The standard InChI is InChI=1S/C22H17Cl2NO4.C15H11Cl2NO4.C15H12Cl2O3.C14H10Cl2O3.C8H6Cl2O3.C8H9NO2.C7H7Br.BCl3.Li.H2O/c1-28-22(27)15-7-9-17(10-8-15)25-21(26)16-11-18(23)20(19(24)12-16)29-13-14-5-3-2-4-6-14;1-22-15(21)8-2-4-10(5-3-8)18-14(20)9-6-11(16)13(19)12(17)7-9;1-19-15(18)11-7-12(16)14(13(17)8-11)20-9-10-5-3-2-4-6-10;15-11-6-10(14(17)18)7-12(16)13(11)19-8-9-4-2-1-3-5-9;1-13-8(12)4-2-5(9)7(11)6(10)3-4;1-11-8(10)6-2-4-7(9)5-3-6;8-6-7-4-2-1-3-5-7;2-1(3)4;;/h2-12H,13H2,1H3,(H,25,26);2-7,19H,1H3,(H,18,20);2-8H,9H2,1H3;1-7H,8H2,(H,17,18);2-3,11H,1H3;2-5H,9H2,1H3;1-5H,6H2;;;1H2/q;;;;;;;;+1;/p-1. The number of carboxylic acids is 1. The van der Waals surface area contributed by atoms with Crippen LogP contribution >= 0.6 is 166 Å². The van der Waals surface area contributed by atoms with Crippen molar-refractivity contribution in [2.45, 2.75) is 25.2 Å². The summed E-state index contributed by atoms with van der Waals surface area (Å²) in [6.07, 6.45) is 0. The Bertz CT molecular complexity index is 5510. The summed E-state index contributed by atoms with van der Waals surface area (Å²) in [5.41, 5.74) is 13.6. The molecular weight excluding hydrogens is 1990 g/mol. The van der Waals surface area contributed by atoms with Crippen LogP contribution in [-0.2, 0) is 48.8 Å². The maximum Gasteiger partial charge on any atom is 1.00 e. The van der Waals surface area contributed by atoms with Gasteiger partial charge in [0, 0.05) is 33.5 Å². The van der Waals surface area contributed by atoms with Gasteiger partial charge >= 0.3 is 59.6 Å². The van der Waals surface area contributed by atoms with Crippen LogP contribution in [0.25, 0.3) is 0 Å². The van der Waals surface area contributed by atoms with Crippen LogP contribution in [-0.4, -0.2) is 109 Å². The van der Waals surface area contributed by atoms with Crippen molar-refractivity contribution >= 4 is 236 Å². The van der Waals surface area contributed by atoms with E-state index in [9.17, 15) is 43.5 Å². The largest absolute Gasteiger partial charge is 1.00 e. The van der Waals surface area contributed by atoms with Gasteiger partial charge in [0.2, 0.25) is 0 Å². The van der Waals surface area contributed by atoms with E-state index in [1.807, 2.05) is 109 Å². The Labute approximate surface area is 821 Å². The van der Waals surface area contributed by atoms with E-state index in [1.165, 1.54) is 114 Å². The van der Waals surface area contributed by atoms with Gasteiger partial charge in [-0.15, -0.1) is 0 Å². The number of hydrogen-bond acceptors (Lipinski definition) is 20. The number of esters is 5. The summed E-state index contributed by atoms with van der Waals surface area (Å²) in [5.74, 6) is -3.79. The Balaban J connectivity index is 0.000000392. The number of hydrogen-bond donors (Lipinski definition) is 6. The number of carbonyl (C=O) groups is 8. The summed E-state index contributed by atoms with van der Waals surface area (Å²) >= 11 is 77.1. The van der Waals surface area contributed by atoms with Crippen molar-refractivity contribution in [3.05, 3.63) is 372 Å². The van der Waals surface area contributed by atoms with Crippen LogP contribution in [0.1, 0.15) is 105 Å². The first-order valence-electron chi connectivity index (χ1n) is 35.7. The molecule has 0 aromatic heterocycles. The minimum absolute atomic E-state index is 0. The zero-order chi connectivity index (χ0) is 93.1. The van der Waals surface area contributed by atoms with Crippen molar-refractivity contribution < 1.29 is 116 Å². The normalized spacial score (nSPS) is 9.74. The molecule has 0 fully saturated rings. The SMILES string of the molecule is BrCc1ccccc1.COC(=O)c1cc(Cl)c(O)c(Cl)c1.COC(=O)c1cc(Cl)c(OCc2ccccc2)c(Cl)c1.COC(=O)c1ccc(N)cc1.COC(=O)c1ccc(NC(=O)c2cc(Cl)c(O)c(Cl)c2)cc1.COC(=O)c1ccc(NC(=O)c2cc(Cl)c(OCc3ccccc3)c(Cl)c2)cc1.ClB(Cl)Cl.O=C(O)c1cc(Cl)c(OCc2ccccc2)c(Cl)c1.[Li+].[OH-]. The number of rotatable bonds is 20.